The lowest BCUT2D eigenvalue weighted by atomic mass is 10.1. The van der Waals surface area contributed by atoms with E-state index in [-0.39, 0.29) is 5.82 Å². The molecule has 1 aliphatic rings. The molecule has 5 nitrogen and oxygen atoms in total. The largest absolute Gasteiger partial charge is 0.476 e. The number of benzene rings is 2. The Bertz CT molecular complexity index is 925. The summed E-state index contributed by atoms with van der Waals surface area (Å²) in [6, 6.07) is 18.6. The van der Waals surface area contributed by atoms with E-state index in [1.807, 2.05) is 19.1 Å². The van der Waals surface area contributed by atoms with Crippen LogP contribution in [0.2, 0.25) is 0 Å². The second-order valence-corrected chi connectivity index (χ2v) is 7.16. The highest BCUT2D eigenvalue weighted by Gasteiger charge is 2.17. The molecular weight excluding hydrogens is 367 g/mol. The SMILES string of the molecule is Cc1nc(OCCN2CCN(c3ccccc3)CC2)cc(-c2ccc(F)cc2)n1. The minimum atomic E-state index is -0.261. The molecule has 0 aliphatic carbocycles. The van der Waals surface area contributed by atoms with Crippen LogP contribution in [0, 0.1) is 12.7 Å². The lowest BCUT2D eigenvalue weighted by Gasteiger charge is -2.36. The van der Waals surface area contributed by atoms with Crippen LogP contribution in [0.15, 0.2) is 60.7 Å². The van der Waals surface area contributed by atoms with Crippen molar-refractivity contribution in [2.24, 2.45) is 0 Å². The molecule has 1 saturated heterocycles. The normalized spacial score (nSPS) is 14.8. The molecule has 1 fully saturated rings. The van der Waals surface area contributed by atoms with E-state index in [1.54, 1.807) is 12.1 Å². The number of ether oxygens (including phenoxy) is 1. The summed E-state index contributed by atoms with van der Waals surface area (Å²) in [6.45, 7) is 7.34. The third kappa shape index (κ3) is 5.09. The van der Waals surface area contributed by atoms with Crippen LogP contribution < -0.4 is 9.64 Å². The van der Waals surface area contributed by atoms with Gasteiger partial charge in [-0.25, -0.2) is 9.37 Å². The molecular formula is C23H25FN4O. The zero-order chi connectivity index (χ0) is 20.1. The Morgan fingerprint density at radius 2 is 1.66 bits per heavy atom. The standard InChI is InChI=1S/C23H25FN4O/c1-18-25-22(19-7-9-20(24)10-8-19)17-23(26-18)29-16-15-27-11-13-28(14-12-27)21-5-3-2-4-6-21/h2-10,17H,11-16H2,1H3. The molecule has 6 heteroatoms. The minimum absolute atomic E-state index is 0.261. The maximum Gasteiger partial charge on any atom is 0.217 e. The quantitative estimate of drug-likeness (QED) is 0.638. The van der Waals surface area contributed by atoms with Crippen LogP contribution in [0.1, 0.15) is 5.82 Å². The summed E-state index contributed by atoms with van der Waals surface area (Å²) >= 11 is 0. The Balaban J connectivity index is 1.29. The molecule has 0 radical (unpaired) electrons. The van der Waals surface area contributed by atoms with Crippen LogP contribution in [0.25, 0.3) is 11.3 Å². The Hall–Kier alpha value is -2.99. The van der Waals surface area contributed by atoms with Gasteiger partial charge in [-0.3, -0.25) is 4.90 Å². The molecule has 2 heterocycles. The van der Waals surface area contributed by atoms with E-state index in [0.29, 0.717) is 18.3 Å². The Morgan fingerprint density at radius 3 is 2.38 bits per heavy atom. The zero-order valence-corrected chi connectivity index (χ0v) is 16.6. The third-order valence-electron chi connectivity index (χ3n) is 5.11. The molecule has 150 valence electrons. The highest BCUT2D eigenvalue weighted by Crippen LogP contribution is 2.21. The number of aryl methyl sites for hydroxylation is 1. The summed E-state index contributed by atoms with van der Waals surface area (Å²) < 4.78 is 19.1. The fraction of sp³-hybridized carbons (Fsp3) is 0.304. The number of hydrogen-bond donors (Lipinski definition) is 0. The topological polar surface area (TPSA) is 41.5 Å². The third-order valence-corrected chi connectivity index (χ3v) is 5.11. The van der Waals surface area contributed by atoms with Crippen molar-refractivity contribution in [3.63, 3.8) is 0 Å². The maximum absolute atomic E-state index is 13.2. The van der Waals surface area contributed by atoms with Gasteiger partial charge in [-0.15, -0.1) is 0 Å². The van der Waals surface area contributed by atoms with E-state index in [1.165, 1.54) is 17.8 Å². The highest BCUT2D eigenvalue weighted by atomic mass is 19.1. The van der Waals surface area contributed by atoms with Crippen molar-refractivity contribution in [1.82, 2.24) is 14.9 Å². The molecule has 0 spiro atoms. The Kier molecular flexibility index (Phi) is 6.00. The first-order chi connectivity index (χ1) is 14.2. The van der Waals surface area contributed by atoms with Gasteiger partial charge in [-0.05, 0) is 43.3 Å². The first kappa shape index (κ1) is 19.3. The van der Waals surface area contributed by atoms with Crippen LogP contribution in [-0.4, -0.2) is 54.2 Å². The molecule has 0 atom stereocenters. The molecule has 2 aromatic carbocycles. The lowest BCUT2D eigenvalue weighted by Crippen LogP contribution is -2.47. The number of halogens is 1. The van der Waals surface area contributed by atoms with Gasteiger partial charge in [-0.2, -0.15) is 4.98 Å². The Morgan fingerprint density at radius 1 is 0.931 bits per heavy atom. The highest BCUT2D eigenvalue weighted by molar-refractivity contribution is 5.59. The predicted octanol–water partition coefficient (Wildman–Crippen LogP) is 3.79. The van der Waals surface area contributed by atoms with Crippen LogP contribution in [0.4, 0.5) is 10.1 Å². The number of nitrogens with zero attached hydrogens (tertiary/aromatic N) is 4. The summed E-state index contributed by atoms with van der Waals surface area (Å²) in [4.78, 5) is 13.6. The predicted molar refractivity (Wildman–Crippen MR) is 113 cm³/mol. The van der Waals surface area contributed by atoms with Crippen molar-refractivity contribution >= 4 is 5.69 Å². The molecule has 4 rings (SSSR count). The molecule has 29 heavy (non-hydrogen) atoms. The first-order valence-electron chi connectivity index (χ1n) is 9.94. The van der Waals surface area contributed by atoms with E-state index >= 15 is 0 Å². The number of aromatic nitrogens is 2. The number of piperazine rings is 1. The minimum Gasteiger partial charge on any atom is -0.476 e. The van der Waals surface area contributed by atoms with Gasteiger partial charge in [-0.1, -0.05) is 18.2 Å². The van der Waals surface area contributed by atoms with Gasteiger partial charge in [0.05, 0.1) is 5.69 Å². The van der Waals surface area contributed by atoms with Crippen LogP contribution in [0.3, 0.4) is 0 Å². The van der Waals surface area contributed by atoms with Crippen LogP contribution in [-0.2, 0) is 0 Å². The van der Waals surface area contributed by atoms with Crippen molar-refractivity contribution in [2.45, 2.75) is 6.92 Å². The summed E-state index contributed by atoms with van der Waals surface area (Å²) in [5.74, 6) is 0.932. The van der Waals surface area contributed by atoms with Crippen molar-refractivity contribution in [2.75, 3.05) is 44.2 Å². The van der Waals surface area contributed by atoms with E-state index in [4.69, 9.17) is 4.74 Å². The van der Waals surface area contributed by atoms with Gasteiger partial charge in [0.15, 0.2) is 0 Å². The summed E-state index contributed by atoms with van der Waals surface area (Å²) in [6.07, 6.45) is 0. The molecule has 0 N–H and O–H groups in total. The van der Waals surface area contributed by atoms with Crippen molar-refractivity contribution in [3.8, 4) is 17.1 Å². The van der Waals surface area contributed by atoms with Gasteiger partial charge >= 0.3 is 0 Å². The average Bonchev–Trinajstić information content (AvgIpc) is 2.75. The van der Waals surface area contributed by atoms with Gasteiger partial charge in [0, 0.05) is 50.0 Å². The molecule has 0 amide bonds. The summed E-state index contributed by atoms with van der Waals surface area (Å²) in [5.41, 5.74) is 2.87. The average molecular weight is 392 g/mol. The number of hydrogen-bond acceptors (Lipinski definition) is 5. The van der Waals surface area contributed by atoms with E-state index in [9.17, 15) is 4.39 Å². The molecule has 1 aromatic heterocycles. The van der Waals surface area contributed by atoms with Crippen LogP contribution >= 0.6 is 0 Å². The van der Waals surface area contributed by atoms with Crippen LogP contribution in [0.5, 0.6) is 5.88 Å². The Labute approximate surface area is 170 Å². The smallest absolute Gasteiger partial charge is 0.217 e. The molecule has 0 bridgehead atoms. The van der Waals surface area contributed by atoms with E-state index < -0.39 is 0 Å². The summed E-state index contributed by atoms with van der Waals surface area (Å²) in [7, 11) is 0. The fourth-order valence-electron chi connectivity index (χ4n) is 3.53. The second-order valence-electron chi connectivity index (χ2n) is 7.16. The molecule has 0 unspecified atom stereocenters. The van der Waals surface area contributed by atoms with Crippen molar-refractivity contribution in [1.29, 1.82) is 0 Å². The van der Waals surface area contributed by atoms with Gasteiger partial charge in [0.1, 0.15) is 18.2 Å². The van der Waals surface area contributed by atoms with Crippen molar-refractivity contribution < 1.29 is 9.13 Å². The van der Waals surface area contributed by atoms with Gasteiger partial charge in [0.25, 0.3) is 0 Å². The van der Waals surface area contributed by atoms with Crippen molar-refractivity contribution in [3.05, 3.63) is 72.3 Å². The number of para-hydroxylation sites is 1. The van der Waals surface area contributed by atoms with Gasteiger partial charge < -0.3 is 9.64 Å². The molecule has 1 aliphatic heterocycles. The van der Waals surface area contributed by atoms with E-state index in [2.05, 4.69) is 44.0 Å². The molecule has 0 saturated carbocycles. The number of anilines is 1. The van der Waals surface area contributed by atoms with Gasteiger partial charge in [0.2, 0.25) is 5.88 Å². The zero-order valence-electron chi connectivity index (χ0n) is 16.6. The molecule has 3 aromatic rings. The first-order valence-corrected chi connectivity index (χ1v) is 9.94. The monoisotopic (exact) mass is 392 g/mol. The summed E-state index contributed by atoms with van der Waals surface area (Å²) in [5, 5.41) is 0. The maximum atomic E-state index is 13.2. The van der Waals surface area contributed by atoms with E-state index in [0.717, 1.165) is 44.0 Å². The lowest BCUT2D eigenvalue weighted by molar-refractivity contribution is 0.197. The second kappa shape index (κ2) is 9.01. The fourth-order valence-corrected chi connectivity index (χ4v) is 3.53. The number of rotatable bonds is 6.